The highest BCUT2D eigenvalue weighted by molar-refractivity contribution is 6.13. The first-order valence-corrected chi connectivity index (χ1v) is 10.7. The maximum atomic E-state index is 12.5. The van der Waals surface area contributed by atoms with Crippen LogP contribution in [-0.2, 0) is 16.0 Å². The summed E-state index contributed by atoms with van der Waals surface area (Å²) < 4.78 is 0. The lowest BCUT2D eigenvalue weighted by molar-refractivity contribution is -0.117. The number of Topliss-reactive ketones (excluding diaryl/α,β-unsaturated/α-hetero) is 1. The third-order valence-corrected chi connectivity index (χ3v) is 5.31. The highest BCUT2D eigenvalue weighted by atomic mass is 16.1. The van der Waals surface area contributed by atoms with Crippen molar-refractivity contribution in [3.05, 3.63) is 77.9 Å². The molecule has 32 heavy (non-hydrogen) atoms. The maximum absolute atomic E-state index is 12.5. The Morgan fingerprint density at radius 3 is 2.75 bits per heavy atom. The van der Waals surface area contributed by atoms with E-state index in [1.807, 2.05) is 36.4 Å². The Hall–Kier alpha value is -3.93. The number of nitrogens with zero attached hydrogens (tertiary/aromatic N) is 1. The normalized spacial score (nSPS) is 12.7. The molecule has 0 unspecified atom stereocenters. The first-order chi connectivity index (χ1) is 15.6. The predicted octanol–water partition coefficient (Wildman–Crippen LogP) is 4.38. The van der Waals surface area contributed by atoms with E-state index in [0.717, 1.165) is 28.1 Å². The number of benzene rings is 3. The van der Waals surface area contributed by atoms with Crippen molar-refractivity contribution in [3.63, 3.8) is 0 Å². The summed E-state index contributed by atoms with van der Waals surface area (Å²) in [5, 5.41) is 12.8. The zero-order chi connectivity index (χ0) is 22.3. The fourth-order valence-electron chi connectivity index (χ4n) is 3.67. The monoisotopic (exact) mass is 426 g/mol. The van der Waals surface area contributed by atoms with Gasteiger partial charge >= 0.3 is 0 Å². The molecular formula is C26H26N4O2. The van der Waals surface area contributed by atoms with Gasteiger partial charge in [-0.15, -0.1) is 0 Å². The van der Waals surface area contributed by atoms with Gasteiger partial charge in [0.1, 0.15) is 0 Å². The number of ketones is 1. The number of hydrazone groups is 1. The van der Waals surface area contributed by atoms with Crippen LogP contribution in [0.3, 0.4) is 0 Å². The van der Waals surface area contributed by atoms with Crippen LogP contribution in [0.1, 0.15) is 24.5 Å². The molecule has 0 saturated heterocycles. The highest BCUT2D eigenvalue weighted by Gasteiger charge is 2.12. The van der Waals surface area contributed by atoms with Gasteiger partial charge in [0.2, 0.25) is 5.91 Å². The average Bonchev–Trinajstić information content (AvgIpc) is 2.80. The molecule has 3 aromatic rings. The van der Waals surface area contributed by atoms with Gasteiger partial charge in [0.15, 0.2) is 5.78 Å². The van der Waals surface area contributed by atoms with Crippen LogP contribution >= 0.6 is 0 Å². The molecule has 0 fully saturated rings. The van der Waals surface area contributed by atoms with Crippen molar-refractivity contribution in [3.8, 4) is 0 Å². The van der Waals surface area contributed by atoms with Crippen molar-refractivity contribution in [2.24, 2.45) is 5.10 Å². The Morgan fingerprint density at radius 1 is 1.06 bits per heavy atom. The number of fused-ring (bicyclic) bond motifs is 2. The van der Waals surface area contributed by atoms with E-state index in [1.165, 1.54) is 17.7 Å². The van der Waals surface area contributed by atoms with Gasteiger partial charge in [0.05, 0.1) is 12.8 Å². The summed E-state index contributed by atoms with van der Waals surface area (Å²) in [6, 6.07) is 20.3. The molecule has 4 rings (SSSR count). The molecule has 3 aromatic carbocycles. The number of carbonyl (C=O) groups is 2. The molecule has 1 heterocycles. The molecule has 0 saturated carbocycles. The van der Waals surface area contributed by atoms with Crippen LogP contribution in [0, 0.1) is 0 Å². The molecule has 0 atom stereocenters. The highest BCUT2D eigenvalue weighted by Crippen LogP contribution is 2.29. The van der Waals surface area contributed by atoms with E-state index in [1.54, 1.807) is 6.21 Å². The van der Waals surface area contributed by atoms with Gasteiger partial charge in [0.25, 0.3) is 0 Å². The summed E-state index contributed by atoms with van der Waals surface area (Å²) in [7, 11) is 0. The maximum Gasteiger partial charge on any atom is 0.224 e. The van der Waals surface area contributed by atoms with Crippen molar-refractivity contribution in [1.29, 1.82) is 0 Å². The number of nitrogens with one attached hydrogen (secondary N) is 3. The van der Waals surface area contributed by atoms with Crippen LogP contribution in [0.4, 0.5) is 11.4 Å². The van der Waals surface area contributed by atoms with E-state index >= 15 is 0 Å². The lowest BCUT2D eigenvalue weighted by Crippen LogP contribution is -2.16. The Kier molecular flexibility index (Phi) is 6.60. The molecule has 1 amide bonds. The zero-order valence-corrected chi connectivity index (χ0v) is 18.0. The van der Waals surface area contributed by atoms with Crippen LogP contribution in [0.15, 0.2) is 71.8 Å². The van der Waals surface area contributed by atoms with Crippen LogP contribution in [0.2, 0.25) is 0 Å². The topological polar surface area (TPSA) is 82.6 Å². The molecule has 1 aliphatic rings. The number of hydrogen-bond donors (Lipinski definition) is 3. The van der Waals surface area contributed by atoms with E-state index in [4.69, 9.17) is 0 Å². The predicted molar refractivity (Wildman–Crippen MR) is 131 cm³/mol. The molecule has 6 nitrogen and oxygen atoms in total. The lowest BCUT2D eigenvalue weighted by Gasteiger charge is -2.18. The first-order valence-electron chi connectivity index (χ1n) is 10.7. The number of aryl methyl sites for hydroxylation is 1. The molecular weight excluding hydrogens is 400 g/mol. The molecule has 1 aliphatic heterocycles. The molecule has 162 valence electrons. The minimum Gasteiger partial charge on any atom is -0.381 e. The van der Waals surface area contributed by atoms with Gasteiger partial charge in [-0.25, -0.2) is 0 Å². The number of amides is 1. The minimum atomic E-state index is -0.0142. The second-order valence-corrected chi connectivity index (χ2v) is 7.83. The van der Waals surface area contributed by atoms with Crippen molar-refractivity contribution in [2.45, 2.75) is 19.8 Å². The van der Waals surface area contributed by atoms with Crippen LogP contribution in [0.25, 0.3) is 16.3 Å². The van der Waals surface area contributed by atoms with Crippen LogP contribution in [0.5, 0.6) is 0 Å². The molecule has 0 radical (unpaired) electrons. The van der Waals surface area contributed by atoms with Crippen LogP contribution < -0.4 is 16.1 Å². The smallest absolute Gasteiger partial charge is 0.224 e. The molecule has 3 N–H and O–H groups in total. The minimum absolute atomic E-state index is 0.0142. The van der Waals surface area contributed by atoms with Crippen LogP contribution in [-0.4, -0.2) is 31.0 Å². The number of anilines is 2. The number of hydrogen-bond acceptors (Lipinski definition) is 5. The summed E-state index contributed by atoms with van der Waals surface area (Å²) in [5.41, 5.74) is 7.55. The van der Waals surface area contributed by atoms with Crippen molar-refractivity contribution < 1.29 is 9.59 Å². The second kappa shape index (κ2) is 9.92. The SMILES string of the molecule is CC(=O)CN/N=C\C1=CCNc2cc(NC(=O)CCc3ccc4ccccc4c3)ccc21. The molecule has 0 spiro atoms. The van der Waals surface area contributed by atoms with Crippen molar-refractivity contribution in [2.75, 3.05) is 23.7 Å². The Labute approximate surface area is 187 Å². The fourth-order valence-corrected chi connectivity index (χ4v) is 3.67. The van der Waals surface area contributed by atoms with E-state index in [9.17, 15) is 9.59 Å². The summed E-state index contributed by atoms with van der Waals surface area (Å²) >= 11 is 0. The lowest BCUT2D eigenvalue weighted by atomic mass is 10.0. The first kappa shape index (κ1) is 21.3. The number of carbonyl (C=O) groups excluding carboxylic acids is 2. The Bertz CT molecular complexity index is 1210. The number of rotatable bonds is 8. The van der Waals surface area contributed by atoms with Gasteiger partial charge in [-0.3, -0.25) is 9.59 Å². The summed E-state index contributed by atoms with van der Waals surface area (Å²) in [6.45, 7) is 2.39. The zero-order valence-electron chi connectivity index (χ0n) is 18.0. The Morgan fingerprint density at radius 2 is 1.91 bits per heavy atom. The van der Waals surface area contributed by atoms with Gasteiger partial charge in [-0.05, 0) is 41.8 Å². The summed E-state index contributed by atoms with van der Waals surface area (Å²) in [6.07, 6.45) is 4.85. The average molecular weight is 427 g/mol. The molecule has 0 aliphatic carbocycles. The molecule has 6 heteroatoms. The van der Waals surface area contributed by atoms with Crippen molar-refractivity contribution >= 4 is 45.6 Å². The second-order valence-electron chi connectivity index (χ2n) is 7.83. The van der Waals surface area contributed by atoms with Gasteiger partial charge in [-0.1, -0.05) is 54.6 Å². The van der Waals surface area contributed by atoms with E-state index in [2.05, 4.69) is 51.5 Å². The largest absolute Gasteiger partial charge is 0.381 e. The van der Waals surface area contributed by atoms with E-state index in [-0.39, 0.29) is 18.2 Å². The van der Waals surface area contributed by atoms with Gasteiger partial charge in [0, 0.05) is 35.5 Å². The van der Waals surface area contributed by atoms with E-state index in [0.29, 0.717) is 19.4 Å². The molecule has 0 bridgehead atoms. The number of allylic oxidation sites excluding steroid dienone is 1. The third kappa shape index (κ3) is 5.40. The van der Waals surface area contributed by atoms with Gasteiger partial charge < -0.3 is 16.1 Å². The summed E-state index contributed by atoms with van der Waals surface area (Å²) in [4.78, 5) is 23.5. The molecule has 0 aromatic heterocycles. The standard InChI is InChI=1S/C26H26N4O2/c1-18(31)16-28-29-17-22-12-13-27-25-15-23(9-10-24(22)25)30-26(32)11-7-19-6-8-20-4-2-3-5-21(20)14-19/h2-6,8-10,12,14-15,17,27-28H,7,11,13,16H2,1H3,(H,30,32)/b29-17-. The summed E-state index contributed by atoms with van der Waals surface area (Å²) in [5.74, 6) is 0.0162. The van der Waals surface area contributed by atoms with Crippen molar-refractivity contribution in [1.82, 2.24) is 5.43 Å². The Balaban J connectivity index is 1.35. The quantitative estimate of drug-likeness (QED) is 0.369. The van der Waals surface area contributed by atoms with Gasteiger partial charge in [-0.2, -0.15) is 5.10 Å². The van der Waals surface area contributed by atoms with E-state index < -0.39 is 0 Å². The third-order valence-electron chi connectivity index (χ3n) is 5.31. The fraction of sp³-hybridized carbons (Fsp3) is 0.192.